The Morgan fingerprint density at radius 2 is 1.03 bits per heavy atom. The van der Waals surface area contributed by atoms with E-state index in [1.165, 1.54) is 42.3 Å². The lowest BCUT2D eigenvalue weighted by molar-refractivity contribution is 0.855. The fourth-order valence-electron chi connectivity index (χ4n) is 6.03. The molecule has 3 heteroatoms. The molecule has 0 fully saturated rings. The average molecular weight is 558 g/mol. The molecule has 0 aliphatic heterocycles. The molecule has 0 aromatic heterocycles. The van der Waals surface area contributed by atoms with Crippen LogP contribution < -0.4 is 0 Å². The summed E-state index contributed by atoms with van der Waals surface area (Å²) >= 11 is 7.80. The van der Waals surface area contributed by atoms with Crippen LogP contribution in [0.4, 0.5) is 0 Å². The molecule has 0 bridgehead atoms. The van der Waals surface area contributed by atoms with Crippen LogP contribution in [0.15, 0.2) is 44.4 Å². The van der Waals surface area contributed by atoms with Crippen molar-refractivity contribution in [3.05, 3.63) is 77.7 Å². The first-order valence-electron chi connectivity index (χ1n) is 11.5. The van der Waals surface area contributed by atoms with E-state index in [0.717, 1.165) is 0 Å². The zero-order valence-electron chi connectivity index (χ0n) is 20.0. The Morgan fingerprint density at radius 3 is 1.35 bits per heavy atom. The molecule has 2 aromatic carbocycles. The summed E-state index contributed by atoms with van der Waals surface area (Å²) in [5, 5.41) is 0. The van der Waals surface area contributed by atoms with Gasteiger partial charge in [0, 0.05) is 20.0 Å². The Kier molecular flexibility index (Phi) is 6.11. The smallest absolute Gasteiger partial charge is 0.0679 e. The minimum absolute atomic E-state index is 0.534. The molecular formula is C28H34Br2Si. The maximum Gasteiger partial charge on any atom is 0.0722 e. The zero-order chi connectivity index (χ0) is 22.8. The van der Waals surface area contributed by atoms with Gasteiger partial charge in [0.2, 0.25) is 0 Å². The number of fused-ring (bicyclic) bond motifs is 2. The van der Waals surface area contributed by atoms with Gasteiger partial charge in [-0.15, -0.1) is 0 Å². The van der Waals surface area contributed by atoms with Gasteiger partial charge in [0.25, 0.3) is 0 Å². The Hall–Kier alpha value is -0.903. The van der Waals surface area contributed by atoms with Crippen LogP contribution in [0.2, 0.25) is 13.1 Å². The van der Waals surface area contributed by atoms with Crippen molar-refractivity contribution in [1.82, 2.24) is 0 Å². The molecule has 0 amide bonds. The molecule has 2 aromatic rings. The van der Waals surface area contributed by atoms with Crippen LogP contribution in [-0.2, 0) is 0 Å². The maximum absolute atomic E-state index is 3.90. The summed E-state index contributed by atoms with van der Waals surface area (Å²) in [4.78, 5) is 0. The second kappa shape index (κ2) is 8.15. The second-order valence-electron chi connectivity index (χ2n) is 10.8. The van der Waals surface area contributed by atoms with Crippen molar-refractivity contribution in [2.45, 2.75) is 77.6 Å². The first kappa shape index (κ1) is 23.3. The fraction of sp³-hybridized carbons (Fsp3) is 0.429. The van der Waals surface area contributed by atoms with Gasteiger partial charge >= 0.3 is 0 Å². The Bertz CT molecular complexity index is 1030. The van der Waals surface area contributed by atoms with Crippen molar-refractivity contribution < 1.29 is 0 Å². The highest BCUT2D eigenvalue weighted by atomic mass is 79.9. The summed E-state index contributed by atoms with van der Waals surface area (Å²) in [6.07, 6.45) is 4.89. The van der Waals surface area contributed by atoms with Gasteiger partial charge in [0.15, 0.2) is 0 Å². The van der Waals surface area contributed by atoms with Crippen molar-refractivity contribution in [2.24, 2.45) is 0 Å². The molecule has 31 heavy (non-hydrogen) atoms. The normalized spacial score (nSPS) is 20.3. The monoisotopic (exact) mass is 556 g/mol. The summed E-state index contributed by atoms with van der Waals surface area (Å²) in [5.41, 5.74) is 12.9. The fourth-order valence-corrected chi connectivity index (χ4v) is 12.2. The van der Waals surface area contributed by atoms with Crippen LogP contribution in [0, 0.1) is 0 Å². The van der Waals surface area contributed by atoms with Gasteiger partial charge in [-0.05, 0) is 71.2 Å². The van der Waals surface area contributed by atoms with E-state index in [9.17, 15) is 0 Å². The number of rotatable bonds is 4. The zero-order valence-corrected chi connectivity index (χ0v) is 24.2. The summed E-state index contributed by atoms with van der Waals surface area (Å²) in [5.74, 6) is 1.07. The lowest BCUT2D eigenvalue weighted by Crippen LogP contribution is -2.42. The molecule has 0 heterocycles. The highest BCUT2D eigenvalue weighted by molar-refractivity contribution is 9.10. The first-order valence-corrected chi connectivity index (χ1v) is 16.2. The van der Waals surface area contributed by atoms with Crippen LogP contribution in [0.5, 0.6) is 0 Å². The van der Waals surface area contributed by atoms with Crippen LogP contribution in [0.1, 0.15) is 97.8 Å². The predicted molar refractivity (Wildman–Crippen MR) is 147 cm³/mol. The SMILES string of the molecule is CC1=Cc2c(Br)cc(C(C)C)cc2[C@@H]1[Si](C)(C)[C@H]1C(C)=Cc2c(Br)cc(C(C)C)cc21. The number of benzene rings is 2. The van der Waals surface area contributed by atoms with E-state index in [1.807, 2.05) is 0 Å². The van der Waals surface area contributed by atoms with Gasteiger partial charge in [0.05, 0.1) is 8.07 Å². The molecule has 0 spiro atoms. The number of halogens is 2. The minimum Gasteiger partial charge on any atom is -0.0679 e. The third-order valence-corrected chi connectivity index (χ3v) is 13.3. The van der Waals surface area contributed by atoms with Crippen molar-refractivity contribution in [3.8, 4) is 0 Å². The van der Waals surface area contributed by atoms with E-state index < -0.39 is 8.07 Å². The number of hydrogen-bond acceptors (Lipinski definition) is 0. The summed E-state index contributed by atoms with van der Waals surface area (Å²) in [6, 6.07) is 9.66. The van der Waals surface area contributed by atoms with Crippen LogP contribution in [0.3, 0.4) is 0 Å². The molecule has 0 unspecified atom stereocenters. The third-order valence-electron chi connectivity index (χ3n) is 7.47. The van der Waals surface area contributed by atoms with Gasteiger partial charge in [-0.3, -0.25) is 0 Å². The Labute approximate surface area is 206 Å². The molecule has 0 saturated heterocycles. The van der Waals surface area contributed by atoms with E-state index in [0.29, 0.717) is 22.9 Å². The van der Waals surface area contributed by atoms with Crippen LogP contribution in [-0.4, -0.2) is 8.07 Å². The number of allylic oxidation sites excluding steroid dienone is 2. The minimum atomic E-state index is -1.81. The van der Waals surface area contributed by atoms with Gasteiger partial charge in [0.1, 0.15) is 0 Å². The van der Waals surface area contributed by atoms with E-state index in [2.05, 4.69) is 123 Å². The van der Waals surface area contributed by atoms with E-state index >= 15 is 0 Å². The van der Waals surface area contributed by atoms with Crippen molar-refractivity contribution in [3.63, 3.8) is 0 Å². The van der Waals surface area contributed by atoms with Crippen LogP contribution >= 0.6 is 31.9 Å². The lowest BCUT2D eigenvalue weighted by Gasteiger charge is -2.39. The quantitative estimate of drug-likeness (QED) is 0.328. The van der Waals surface area contributed by atoms with E-state index in [4.69, 9.17) is 0 Å². The van der Waals surface area contributed by atoms with Gasteiger partial charge in [-0.25, -0.2) is 0 Å². The largest absolute Gasteiger partial charge is 0.0722 e. The van der Waals surface area contributed by atoms with Crippen molar-refractivity contribution >= 4 is 52.1 Å². The molecule has 0 nitrogen and oxygen atoms in total. The van der Waals surface area contributed by atoms with E-state index in [-0.39, 0.29) is 0 Å². The summed E-state index contributed by atoms with van der Waals surface area (Å²) in [6.45, 7) is 19.1. The van der Waals surface area contributed by atoms with Crippen molar-refractivity contribution in [2.75, 3.05) is 0 Å². The number of hydrogen-bond donors (Lipinski definition) is 0. The summed E-state index contributed by atoms with van der Waals surface area (Å²) < 4.78 is 2.51. The van der Waals surface area contributed by atoms with Gasteiger partial charge in [-0.2, -0.15) is 0 Å². The second-order valence-corrected chi connectivity index (χ2v) is 17.3. The molecule has 0 radical (unpaired) electrons. The van der Waals surface area contributed by atoms with Gasteiger partial charge in [-0.1, -0.05) is 108 Å². The van der Waals surface area contributed by atoms with E-state index in [1.54, 1.807) is 11.1 Å². The molecule has 2 atom stereocenters. The lowest BCUT2D eigenvalue weighted by atomic mass is 9.97. The summed E-state index contributed by atoms with van der Waals surface area (Å²) in [7, 11) is -1.81. The molecule has 2 aliphatic rings. The highest BCUT2D eigenvalue weighted by Crippen LogP contribution is 2.54. The molecule has 0 saturated carbocycles. The molecule has 2 aliphatic carbocycles. The first-order chi connectivity index (χ1) is 14.4. The molecule has 0 N–H and O–H groups in total. The Morgan fingerprint density at radius 1 is 0.677 bits per heavy atom. The van der Waals surface area contributed by atoms with Gasteiger partial charge < -0.3 is 0 Å². The molecule has 4 rings (SSSR count). The average Bonchev–Trinajstić information content (AvgIpc) is 3.18. The van der Waals surface area contributed by atoms with Crippen molar-refractivity contribution in [1.29, 1.82) is 0 Å². The highest BCUT2D eigenvalue weighted by Gasteiger charge is 2.47. The third kappa shape index (κ3) is 3.79. The molecular weight excluding hydrogens is 524 g/mol. The predicted octanol–water partition coefficient (Wildman–Crippen LogP) is 9.95. The maximum atomic E-state index is 3.90. The Balaban J connectivity index is 1.87. The topological polar surface area (TPSA) is 0 Å². The standard InChI is InChI=1S/C28H34Br2Si/c1-15(2)19-11-23-21(25(29)13-19)9-17(5)27(23)31(7,8)28-18(6)10-22-24(28)12-20(16(3)4)14-26(22)30/h9-16,27-28H,1-8H3/t27-,28+. The molecule has 164 valence electrons. The van der Waals surface area contributed by atoms with Crippen LogP contribution in [0.25, 0.3) is 12.2 Å².